The van der Waals surface area contributed by atoms with Crippen LogP contribution in [0.4, 0.5) is 10.5 Å². The number of urea groups is 1. The Morgan fingerprint density at radius 2 is 1.73 bits per heavy atom. The predicted molar refractivity (Wildman–Crippen MR) is 126 cm³/mol. The number of nitrogens with zero attached hydrogens (tertiary/aromatic N) is 1. The van der Waals surface area contributed by atoms with Crippen molar-refractivity contribution in [2.45, 2.75) is 65.3 Å². The van der Waals surface area contributed by atoms with E-state index < -0.39 is 6.03 Å². The van der Waals surface area contributed by atoms with Crippen molar-refractivity contribution in [3.8, 4) is 0 Å². The summed E-state index contributed by atoms with van der Waals surface area (Å²) in [5.41, 5.74) is 13.1. The van der Waals surface area contributed by atoms with Crippen molar-refractivity contribution in [3.63, 3.8) is 0 Å². The standard InChI is InChI=1S/C13H16N2O.C9H16N2.C2H6.V.H2/c14-13(16)15-12-10-5-1-3-8(10)7-9-4-2-6-11(9)12;1-8-4-5-9(10-6-8)7-11(2)3;1-2;;/h7H,1-6H2,(H3,14,15,16);4-6,9-10H,7H2,1-3H3;1-2H3;;1H. The van der Waals surface area contributed by atoms with E-state index in [1.54, 1.807) is 0 Å². The van der Waals surface area contributed by atoms with Gasteiger partial charge < -0.3 is 21.3 Å². The molecule has 6 heteroatoms. The van der Waals surface area contributed by atoms with Crippen LogP contribution in [0, 0.1) is 0 Å². The second-order valence-corrected chi connectivity index (χ2v) is 8.01. The number of fused-ring (bicyclic) bond motifs is 2. The van der Waals surface area contributed by atoms with Crippen LogP contribution in [0.25, 0.3) is 0 Å². The van der Waals surface area contributed by atoms with Gasteiger partial charge in [-0.2, -0.15) is 0 Å². The van der Waals surface area contributed by atoms with Crippen LogP contribution in [0.15, 0.2) is 30.0 Å². The van der Waals surface area contributed by atoms with Crippen molar-refractivity contribution in [1.82, 2.24) is 10.2 Å². The molecule has 1 aromatic carbocycles. The van der Waals surface area contributed by atoms with Gasteiger partial charge in [0.2, 0.25) is 0 Å². The topological polar surface area (TPSA) is 70.4 Å². The van der Waals surface area contributed by atoms with Crippen LogP contribution in [-0.4, -0.2) is 37.6 Å². The molecule has 30 heavy (non-hydrogen) atoms. The number of likely N-dealkylation sites (N-methyl/N-ethyl adjacent to an activating group) is 1. The van der Waals surface area contributed by atoms with E-state index in [-0.39, 0.29) is 20.0 Å². The predicted octanol–water partition coefficient (Wildman–Crippen LogP) is 4.40. The molecule has 0 aromatic heterocycles. The van der Waals surface area contributed by atoms with E-state index in [0.29, 0.717) is 6.04 Å². The van der Waals surface area contributed by atoms with Crippen LogP contribution >= 0.6 is 0 Å². The first kappa shape index (κ1) is 26.3. The van der Waals surface area contributed by atoms with Crippen molar-refractivity contribution < 1.29 is 24.8 Å². The number of rotatable bonds is 3. The largest absolute Gasteiger partial charge is 0.383 e. The number of amides is 2. The maximum absolute atomic E-state index is 11.1. The summed E-state index contributed by atoms with van der Waals surface area (Å²) in [6.45, 7) is 7.15. The Balaban J connectivity index is 0.000000535. The van der Waals surface area contributed by atoms with Crippen molar-refractivity contribution in [1.29, 1.82) is 0 Å². The Labute approximate surface area is 195 Å². The summed E-state index contributed by atoms with van der Waals surface area (Å²) in [6, 6.07) is 2.39. The summed E-state index contributed by atoms with van der Waals surface area (Å²) < 4.78 is 0. The number of carbonyl (C=O) groups is 1. The molecule has 0 spiro atoms. The molecule has 5 nitrogen and oxygen atoms in total. The van der Waals surface area contributed by atoms with Crippen LogP contribution in [0.1, 0.15) is 57.3 Å². The van der Waals surface area contributed by atoms with E-state index in [9.17, 15) is 4.79 Å². The van der Waals surface area contributed by atoms with Gasteiger partial charge in [-0.05, 0) is 93.6 Å². The number of nitrogens with two attached hydrogens (primary N) is 1. The van der Waals surface area contributed by atoms with Gasteiger partial charge >= 0.3 is 6.03 Å². The molecule has 1 unspecified atom stereocenters. The second-order valence-electron chi connectivity index (χ2n) is 8.01. The molecule has 1 radical (unpaired) electrons. The fourth-order valence-electron chi connectivity index (χ4n) is 4.21. The molecular formula is C24H40N4OV. The van der Waals surface area contributed by atoms with E-state index in [4.69, 9.17) is 5.73 Å². The third-order valence-electron chi connectivity index (χ3n) is 5.40. The molecule has 4 rings (SSSR count). The maximum Gasteiger partial charge on any atom is 0.316 e. The number of carbonyl (C=O) groups excluding carboxylic acids is 1. The number of aryl methyl sites for hydroxylation is 2. The van der Waals surface area contributed by atoms with Gasteiger partial charge in [0.25, 0.3) is 0 Å². The van der Waals surface area contributed by atoms with E-state index >= 15 is 0 Å². The Morgan fingerprint density at radius 1 is 1.17 bits per heavy atom. The number of anilines is 1. The van der Waals surface area contributed by atoms with Crippen LogP contribution in [0.3, 0.4) is 0 Å². The normalized spacial score (nSPS) is 17.8. The molecule has 167 valence electrons. The number of dihydropyridines is 1. The average Bonchev–Trinajstić information content (AvgIpc) is 3.34. The van der Waals surface area contributed by atoms with E-state index in [1.165, 1.54) is 40.7 Å². The summed E-state index contributed by atoms with van der Waals surface area (Å²) in [6.07, 6.45) is 13.3. The minimum absolute atomic E-state index is 0. The molecule has 0 saturated heterocycles. The van der Waals surface area contributed by atoms with Crippen LogP contribution in [-0.2, 0) is 44.2 Å². The maximum atomic E-state index is 11.1. The SMILES string of the molecule is CC.CC1=CNC(CN(C)C)C=C1.NC(=O)Nc1c2c(cc3c1CCC3)CCC2.[HH].[V]. The first-order valence-corrected chi connectivity index (χ1v) is 10.9. The molecule has 0 bridgehead atoms. The Morgan fingerprint density at radius 3 is 2.17 bits per heavy atom. The van der Waals surface area contributed by atoms with Crippen LogP contribution < -0.4 is 16.4 Å². The molecule has 2 aliphatic carbocycles. The van der Waals surface area contributed by atoms with Gasteiger partial charge in [0.1, 0.15) is 0 Å². The monoisotopic (exact) mass is 451 g/mol. The minimum Gasteiger partial charge on any atom is -0.383 e. The molecule has 1 heterocycles. The van der Waals surface area contributed by atoms with Gasteiger partial charge in [-0.25, -0.2) is 4.79 Å². The molecule has 0 fully saturated rings. The first-order valence-electron chi connectivity index (χ1n) is 10.9. The Hall–Kier alpha value is -1.69. The number of benzene rings is 1. The molecule has 1 atom stereocenters. The minimum atomic E-state index is -0.436. The summed E-state index contributed by atoms with van der Waals surface area (Å²) in [7, 11) is 4.17. The summed E-state index contributed by atoms with van der Waals surface area (Å²) in [4.78, 5) is 13.3. The zero-order valence-electron chi connectivity index (χ0n) is 19.2. The van der Waals surface area contributed by atoms with E-state index in [2.05, 4.69) is 61.0 Å². The average molecular weight is 452 g/mol. The third kappa shape index (κ3) is 7.22. The molecule has 3 aliphatic rings. The quantitative estimate of drug-likeness (QED) is 0.638. The smallest absolute Gasteiger partial charge is 0.316 e. The number of primary amides is 1. The molecule has 0 saturated carbocycles. The van der Waals surface area contributed by atoms with Gasteiger partial charge in [-0.15, -0.1) is 0 Å². The molecule has 2 amide bonds. The van der Waals surface area contributed by atoms with Gasteiger partial charge in [0.15, 0.2) is 0 Å². The molecule has 1 aliphatic heterocycles. The number of hydrogen-bond donors (Lipinski definition) is 3. The first-order chi connectivity index (χ1) is 13.9. The fourth-order valence-corrected chi connectivity index (χ4v) is 4.21. The molecular weight excluding hydrogens is 411 g/mol. The summed E-state index contributed by atoms with van der Waals surface area (Å²) >= 11 is 0. The van der Waals surface area contributed by atoms with E-state index in [0.717, 1.165) is 37.9 Å². The zero-order chi connectivity index (χ0) is 21.4. The summed E-state index contributed by atoms with van der Waals surface area (Å²) in [5, 5.41) is 6.15. The second kappa shape index (κ2) is 12.9. The van der Waals surface area contributed by atoms with Crippen molar-refractivity contribution in [2.24, 2.45) is 5.73 Å². The summed E-state index contributed by atoms with van der Waals surface area (Å²) in [5.74, 6) is 0. The van der Waals surface area contributed by atoms with Crippen molar-refractivity contribution >= 4 is 11.7 Å². The number of allylic oxidation sites excluding steroid dienone is 2. The zero-order valence-corrected chi connectivity index (χ0v) is 20.6. The number of hydrogen-bond acceptors (Lipinski definition) is 3. The van der Waals surface area contributed by atoms with Crippen molar-refractivity contribution in [3.05, 3.63) is 52.2 Å². The van der Waals surface area contributed by atoms with Crippen LogP contribution in [0.5, 0.6) is 0 Å². The van der Waals surface area contributed by atoms with E-state index in [1.807, 2.05) is 13.8 Å². The third-order valence-corrected chi connectivity index (χ3v) is 5.40. The molecule has 4 N–H and O–H groups in total. The van der Waals surface area contributed by atoms with Crippen LogP contribution in [0.2, 0.25) is 0 Å². The van der Waals surface area contributed by atoms with Gasteiger partial charge in [0, 0.05) is 32.2 Å². The fraction of sp³-hybridized carbons (Fsp3) is 0.542. The Bertz CT molecular complexity index is 745. The molecule has 1 aromatic rings. The van der Waals surface area contributed by atoms with Crippen molar-refractivity contribution in [2.75, 3.05) is 26.0 Å². The van der Waals surface area contributed by atoms with Gasteiger partial charge in [-0.1, -0.05) is 32.1 Å². The van der Waals surface area contributed by atoms with Gasteiger partial charge in [0.05, 0.1) is 6.04 Å². The van der Waals surface area contributed by atoms with Gasteiger partial charge in [-0.3, -0.25) is 0 Å². The number of nitrogens with one attached hydrogen (secondary N) is 2. The Kier molecular flexibility index (Phi) is 11.3.